The van der Waals surface area contributed by atoms with Crippen LogP contribution in [0.2, 0.25) is 0 Å². The normalized spacial score (nSPS) is 10.5. The fourth-order valence-corrected chi connectivity index (χ4v) is 2.51. The maximum absolute atomic E-state index is 12.7. The minimum Gasteiger partial charge on any atom is -0.497 e. The number of aromatic nitrogens is 1. The molecule has 0 aliphatic heterocycles. The zero-order valence-electron chi connectivity index (χ0n) is 13.7. The molecule has 6 heteroatoms. The summed E-state index contributed by atoms with van der Waals surface area (Å²) in [6, 6.07) is 10.8. The average Bonchev–Trinajstić information content (AvgIpc) is 3.05. The maximum Gasteiger partial charge on any atom is 0.257 e. The first-order valence-corrected chi connectivity index (χ1v) is 7.34. The first kappa shape index (κ1) is 15.7. The Morgan fingerprint density at radius 1 is 0.958 bits per heavy atom. The number of ether oxygens (including phenoxy) is 3. The van der Waals surface area contributed by atoms with Crippen molar-refractivity contribution >= 4 is 22.5 Å². The van der Waals surface area contributed by atoms with Crippen molar-refractivity contribution in [3.63, 3.8) is 0 Å². The van der Waals surface area contributed by atoms with Gasteiger partial charge in [-0.2, -0.15) is 0 Å². The Bertz CT molecular complexity index is 886. The molecule has 0 bridgehead atoms. The first-order valence-electron chi connectivity index (χ1n) is 7.34. The van der Waals surface area contributed by atoms with Gasteiger partial charge in [0, 0.05) is 23.2 Å². The number of amides is 1. The molecular weight excluding hydrogens is 308 g/mol. The highest BCUT2D eigenvalue weighted by atomic mass is 16.5. The fraction of sp³-hybridized carbons (Fsp3) is 0.167. The van der Waals surface area contributed by atoms with Gasteiger partial charge >= 0.3 is 0 Å². The summed E-state index contributed by atoms with van der Waals surface area (Å²) in [6.07, 6.45) is 1.68. The first-order chi connectivity index (χ1) is 11.7. The van der Waals surface area contributed by atoms with Gasteiger partial charge in [0.15, 0.2) is 0 Å². The smallest absolute Gasteiger partial charge is 0.257 e. The SMILES string of the molecule is COc1ccc(NC(=O)c2c[nH]c3ccc(OC)cc23)c(OC)c1. The zero-order chi connectivity index (χ0) is 17.1. The lowest BCUT2D eigenvalue weighted by Crippen LogP contribution is -2.12. The number of H-pyrrole nitrogens is 1. The van der Waals surface area contributed by atoms with Crippen LogP contribution in [0.15, 0.2) is 42.6 Å². The zero-order valence-corrected chi connectivity index (χ0v) is 13.7. The summed E-state index contributed by atoms with van der Waals surface area (Å²) in [5.74, 6) is 1.64. The van der Waals surface area contributed by atoms with E-state index in [2.05, 4.69) is 10.3 Å². The lowest BCUT2D eigenvalue weighted by atomic mass is 10.1. The number of anilines is 1. The van der Waals surface area contributed by atoms with Crippen LogP contribution in [-0.2, 0) is 0 Å². The second kappa shape index (κ2) is 6.54. The van der Waals surface area contributed by atoms with E-state index in [9.17, 15) is 4.79 Å². The largest absolute Gasteiger partial charge is 0.497 e. The van der Waals surface area contributed by atoms with E-state index in [0.29, 0.717) is 28.5 Å². The van der Waals surface area contributed by atoms with Gasteiger partial charge in [-0.25, -0.2) is 0 Å². The number of carbonyl (C=O) groups is 1. The minimum absolute atomic E-state index is 0.238. The predicted molar refractivity (Wildman–Crippen MR) is 92.3 cm³/mol. The van der Waals surface area contributed by atoms with Gasteiger partial charge in [-0.3, -0.25) is 4.79 Å². The molecule has 0 atom stereocenters. The minimum atomic E-state index is -0.238. The molecular formula is C18H18N2O4. The number of hydrogen-bond acceptors (Lipinski definition) is 4. The monoisotopic (exact) mass is 326 g/mol. The lowest BCUT2D eigenvalue weighted by molar-refractivity contribution is 0.102. The molecule has 124 valence electrons. The summed E-state index contributed by atoms with van der Waals surface area (Å²) < 4.78 is 15.7. The molecule has 1 aromatic heterocycles. The quantitative estimate of drug-likeness (QED) is 0.753. The molecule has 0 fully saturated rings. The molecule has 0 radical (unpaired) electrons. The van der Waals surface area contributed by atoms with Gasteiger partial charge < -0.3 is 24.5 Å². The van der Waals surface area contributed by atoms with E-state index in [1.165, 1.54) is 0 Å². The number of aromatic amines is 1. The Kier molecular flexibility index (Phi) is 4.29. The highest BCUT2D eigenvalue weighted by Crippen LogP contribution is 2.30. The predicted octanol–water partition coefficient (Wildman–Crippen LogP) is 3.45. The average molecular weight is 326 g/mol. The van der Waals surface area contributed by atoms with Crippen molar-refractivity contribution in [2.75, 3.05) is 26.6 Å². The molecule has 0 saturated heterocycles. The topological polar surface area (TPSA) is 72.6 Å². The van der Waals surface area contributed by atoms with Crippen LogP contribution in [0.4, 0.5) is 5.69 Å². The summed E-state index contributed by atoms with van der Waals surface area (Å²) >= 11 is 0. The molecule has 3 aromatic rings. The number of benzene rings is 2. The van der Waals surface area contributed by atoms with Crippen molar-refractivity contribution in [3.05, 3.63) is 48.2 Å². The van der Waals surface area contributed by atoms with Crippen LogP contribution in [-0.4, -0.2) is 32.2 Å². The van der Waals surface area contributed by atoms with Gasteiger partial charge in [0.05, 0.1) is 32.6 Å². The third-order valence-electron chi connectivity index (χ3n) is 3.79. The lowest BCUT2D eigenvalue weighted by Gasteiger charge is -2.11. The molecule has 0 saturated carbocycles. The van der Waals surface area contributed by atoms with Crippen LogP contribution < -0.4 is 19.5 Å². The Labute approximate surface area is 139 Å². The fourth-order valence-electron chi connectivity index (χ4n) is 2.51. The Balaban J connectivity index is 1.93. The number of fused-ring (bicyclic) bond motifs is 1. The van der Waals surface area contributed by atoms with Crippen molar-refractivity contribution in [1.82, 2.24) is 4.98 Å². The molecule has 0 unspecified atom stereocenters. The van der Waals surface area contributed by atoms with Crippen LogP contribution in [0.1, 0.15) is 10.4 Å². The van der Waals surface area contributed by atoms with Gasteiger partial charge in [-0.05, 0) is 30.3 Å². The van der Waals surface area contributed by atoms with Gasteiger partial charge in [0.2, 0.25) is 0 Å². The summed E-state index contributed by atoms with van der Waals surface area (Å²) in [5.41, 5.74) is 1.96. The molecule has 0 aliphatic rings. The standard InChI is InChI=1S/C18H18N2O4/c1-22-11-4-6-15-13(8-11)14(10-19-15)18(21)20-16-7-5-12(23-2)9-17(16)24-3/h4-10,19H,1-3H3,(H,20,21). The Morgan fingerprint density at radius 3 is 2.38 bits per heavy atom. The molecule has 6 nitrogen and oxygen atoms in total. The molecule has 0 spiro atoms. The van der Waals surface area contributed by atoms with Crippen LogP contribution in [0.3, 0.4) is 0 Å². The second-order valence-electron chi connectivity index (χ2n) is 5.13. The Morgan fingerprint density at radius 2 is 1.67 bits per heavy atom. The second-order valence-corrected chi connectivity index (χ2v) is 5.13. The van der Waals surface area contributed by atoms with Gasteiger partial charge in [0.25, 0.3) is 5.91 Å². The van der Waals surface area contributed by atoms with E-state index in [-0.39, 0.29) is 5.91 Å². The van der Waals surface area contributed by atoms with Crippen molar-refractivity contribution in [1.29, 1.82) is 0 Å². The van der Waals surface area contributed by atoms with Crippen molar-refractivity contribution < 1.29 is 19.0 Å². The number of nitrogens with one attached hydrogen (secondary N) is 2. The molecule has 0 aliphatic carbocycles. The molecule has 2 aromatic carbocycles. The number of methoxy groups -OCH3 is 3. The van der Waals surface area contributed by atoms with Crippen molar-refractivity contribution in [2.24, 2.45) is 0 Å². The van der Waals surface area contributed by atoms with Gasteiger partial charge in [-0.15, -0.1) is 0 Å². The third-order valence-corrected chi connectivity index (χ3v) is 3.79. The van der Waals surface area contributed by atoms with E-state index in [0.717, 1.165) is 10.9 Å². The molecule has 3 rings (SSSR count). The summed E-state index contributed by atoms with van der Waals surface area (Å²) in [7, 11) is 4.71. The highest BCUT2D eigenvalue weighted by Gasteiger charge is 2.15. The van der Waals surface area contributed by atoms with E-state index in [4.69, 9.17) is 14.2 Å². The Hall–Kier alpha value is -3.15. The summed E-state index contributed by atoms with van der Waals surface area (Å²) in [5, 5.41) is 3.66. The molecule has 2 N–H and O–H groups in total. The number of rotatable bonds is 5. The van der Waals surface area contributed by atoms with E-state index in [1.54, 1.807) is 45.7 Å². The van der Waals surface area contributed by atoms with Crippen molar-refractivity contribution in [2.45, 2.75) is 0 Å². The van der Waals surface area contributed by atoms with Crippen LogP contribution >= 0.6 is 0 Å². The highest BCUT2D eigenvalue weighted by molar-refractivity contribution is 6.13. The van der Waals surface area contributed by atoms with E-state index in [1.807, 2.05) is 18.2 Å². The van der Waals surface area contributed by atoms with Gasteiger partial charge in [0.1, 0.15) is 17.2 Å². The summed E-state index contributed by atoms with van der Waals surface area (Å²) in [4.78, 5) is 15.7. The van der Waals surface area contributed by atoms with Crippen LogP contribution in [0, 0.1) is 0 Å². The van der Waals surface area contributed by atoms with E-state index >= 15 is 0 Å². The molecule has 1 heterocycles. The maximum atomic E-state index is 12.7. The molecule has 24 heavy (non-hydrogen) atoms. The van der Waals surface area contributed by atoms with Crippen molar-refractivity contribution in [3.8, 4) is 17.2 Å². The van der Waals surface area contributed by atoms with E-state index < -0.39 is 0 Å². The van der Waals surface area contributed by atoms with Crippen LogP contribution in [0.5, 0.6) is 17.2 Å². The number of carbonyl (C=O) groups excluding carboxylic acids is 1. The third kappa shape index (κ3) is 2.86. The summed E-state index contributed by atoms with van der Waals surface area (Å²) in [6.45, 7) is 0. The number of hydrogen-bond donors (Lipinski definition) is 2. The van der Waals surface area contributed by atoms with Crippen LogP contribution in [0.25, 0.3) is 10.9 Å². The molecule has 1 amide bonds. The van der Waals surface area contributed by atoms with Gasteiger partial charge in [-0.1, -0.05) is 0 Å².